The lowest BCUT2D eigenvalue weighted by molar-refractivity contribution is -0.286. The molecule has 0 unspecified atom stereocenters. The van der Waals surface area contributed by atoms with Gasteiger partial charge in [-0.15, -0.1) is 4.94 Å². The lowest BCUT2D eigenvalue weighted by Crippen LogP contribution is -2.13. The SMILES string of the molecule is FOC1(F)C(F)(F)C1(F)F. The maximum atomic E-state index is 11.7. The number of halogens is 6. The zero-order valence-corrected chi connectivity index (χ0v) is 4.18. The summed E-state index contributed by atoms with van der Waals surface area (Å²) in [7, 11) is 0. The summed E-state index contributed by atoms with van der Waals surface area (Å²) in [4.78, 5) is 1.81. The molecule has 60 valence electrons. The maximum Gasteiger partial charge on any atom is 0.383 e. The van der Waals surface area contributed by atoms with Gasteiger partial charge in [-0.05, 0) is 4.53 Å². The number of hydrogen-bond acceptors (Lipinski definition) is 1. The van der Waals surface area contributed by atoms with Gasteiger partial charge in [0, 0.05) is 0 Å². The molecule has 1 nitrogen and oxygen atoms in total. The van der Waals surface area contributed by atoms with Gasteiger partial charge in [0.25, 0.3) is 0 Å². The summed E-state index contributed by atoms with van der Waals surface area (Å²) in [6.07, 6.45) is 0. The van der Waals surface area contributed by atoms with Gasteiger partial charge in [0.05, 0.1) is 0 Å². The Bertz CT molecular complexity index is 150. The minimum Gasteiger partial charge on any atom is -0.194 e. The summed E-state index contributed by atoms with van der Waals surface area (Å²) in [5.74, 6) is -14.8. The fourth-order valence-electron chi connectivity index (χ4n) is 0.461. The highest BCUT2D eigenvalue weighted by Gasteiger charge is 3.02. The summed E-state index contributed by atoms with van der Waals surface area (Å²) >= 11 is 0. The van der Waals surface area contributed by atoms with Gasteiger partial charge in [-0.1, -0.05) is 0 Å². The van der Waals surface area contributed by atoms with Crippen molar-refractivity contribution in [3.8, 4) is 0 Å². The van der Waals surface area contributed by atoms with Gasteiger partial charge >= 0.3 is 17.7 Å². The van der Waals surface area contributed by atoms with Crippen LogP contribution in [0.25, 0.3) is 0 Å². The lowest BCUT2D eigenvalue weighted by atomic mass is 10.7. The topological polar surface area (TPSA) is 9.23 Å². The van der Waals surface area contributed by atoms with E-state index in [1.165, 1.54) is 0 Å². The Balaban J connectivity index is 2.90. The van der Waals surface area contributed by atoms with Crippen LogP contribution in [0, 0.1) is 0 Å². The van der Waals surface area contributed by atoms with Crippen molar-refractivity contribution in [3.63, 3.8) is 0 Å². The van der Waals surface area contributed by atoms with E-state index in [2.05, 4.69) is 0 Å². The quantitative estimate of drug-likeness (QED) is 0.540. The standard InChI is InChI=1S/C3F6O/c4-1(5)2(6,7)3(1,8)10-9. The van der Waals surface area contributed by atoms with Gasteiger partial charge in [0.1, 0.15) is 0 Å². The molecule has 0 bridgehead atoms. The highest BCUT2D eigenvalue weighted by Crippen LogP contribution is 2.68. The second-order valence-corrected chi connectivity index (χ2v) is 1.82. The van der Waals surface area contributed by atoms with Gasteiger partial charge in [0.15, 0.2) is 0 Å². The molecule has 0 aromatic carbocycles. The minimum atomic E-state index is -5.05. The highest BCUT2D eigenvalue weighted by atomic mass is 19.4. The van der Waals surface area contributed by atoms with Crippen LogP contribution in [0.15, 0.2) is 0 Å². The van der Waals surface area contributed by atoms with Crippen LogP contribution >= 0.6 is 0 Å². The fraction of sp³-hybridized carbons (Fsp3) is 1.00. The van der Waals surface area contributed by atoms with Crippen LogP contribution in [0.1, 0.15) is 0 Å². The molecule has 1 aliphatic carbocycles. The second-order valence-electron chi connectivity index (χ2n) is 1.82. The van der Waals surface area contributed by atoms with E-state index in [1.54, 1.807) is 0 Å². The van der Waals surface area contributed by atoms with Gasteiger partial charge < -0.3 is 0 Å². The summed E-state index contributed by atoms with van der Waals surface area (Å²) < 4.78 is 68.3. The van der Waals surface area contributed by atoms with Crippen molar-refractivity contribution in [2.24, 2.45) is 0 Å². The molecular weight excluding hydrogens is 166 g/mol. The molecule has 0 heterocycles. The average Bonchev–Trinajstić information content (AvgIpc) is 2.11. The van der Waals surface area contributed by atoms with Crippen LogP contribution < -0.4 is 0 Å². The Kier molecular flexibility index (Phi) is 1.08. The average molecular weight is 166 g/mol. The van der Waals surface area contributed by atoms with E-state index in [-0.39, 0.29) is 0 Å². The van der Waals surface area contributed by atoms with E-state index in [4.69, 9.17) is 0 Å². The lowest BCUT2D eigenvalue weighted by Gasteiger charge is -1.92. The number of alkyl halides is 5. The van der Waals surface area contributed by atoms with E-state index in [0.29, 0.717) is 0 Å². The largest absolute Gasteiger partial charge is 0.383 e. The molecule has 0 saturated heterocycles. The van der Waals surface area contributed by atoms with Gasteiger partial charge in [-0.2, -0.15) is 22.0 Å². The normalized spacial score (nSPS) is 31.8. The zero-order chi connectivity index (χ0) is 8.21. The molecule has 0 aliphatic heterocycles. The molecule has 0 amide bonds. The van der Waals surface area contributed by atoms with E-state index < -0.39 is 17.7 Å². The number of rotatable bonds is 1. The van der Waals surface area contributed by atoms with Crippen LogP contribution in [-0.2, 0) is 4.94 Å². The van der Waals surface area contributed by atoms with E-state index in [9.17, 15) is 26.5 Å². The predicted octanol–water partition coefficient (Wildman–Crippen LogP) is 1.84. The molecule has 0 atom stereocenters. The van der Waals surface area contributed by atoms with Crippen molar-refractivity contribution in [1.82, 2.24) is 0 Å². The van der Waals surface area contributed by atoms with Crippen molar-refractivity contribution in [2.45, 2.75) is 17.7 Å². The van der Waals surface area contributed by atoms with Gasteiger partial charge in [-0.3, -0.25) is 0 Å². The first-order valence-electron chi connectivity index (χ1n) is 2.05. The minimum absolute atomic E-state index is 1.81. The zero-order valence-electron chi connectivity index (χ0n) is 4.18. The maximum absolute atomic E-state index is 11.7. The summed E-state index contributed by atoms with van der Waals surface area (Å²) in [6, 6.07) is 0. The molecule has 1 fully saturated rings. The molecule has 0 N–H and O–H groups in total. The molecule has 1 saturated carbocycles. The Hall–Kier alpha value is -0.460. The first-order valence-corrected chi connectivity index (χ1v) is 2.05. The van der Waals surface area contributed by atoms with Crippen LogP contribution in [-0.4, -0.2) is 17.7 Å². The molecule has 7 heteroatoms. The van der Waals surface area contributed by atoms with E-state index in [0.717, 1.165) is 0 Å². The molecular formula is C3F6O. The monoisotopic (exact) mass is 166 g/mol. The third-order valence-electron chi connectivity index (χ3n) is 1.25. The molecule has 1 aliphatic rings. The van der Waals surface area contributed by atoms with Crippen molar-refractivity contribution in [1.29, 1.82) is 0 Å². The van der Waals surface area contributed by atoms with Crippen LogP contribution in [0.5, 0.6) is 0 Å². The second kappa shape index (κ2) is 1.41. The van der Waals surface area contributed by atoms with E-state index >= 15 is 0 Å². The van der Waals surface area contributed by atoms with Crippen molar-refractivity contribution in [3.05, 3.63) is 0 Å². The van der Waals surface area contributed by atoms with Crippen molar-refractivity contribution >= 4 is 0 Å². The smallest absolute Gasteiger partial charge is 0.194 e. The Morgan fingerprint density at radius 2 is 1.10 bits per heavy atom. The molecule has 1 rings (SSSR count). The Morgan fingerprint density at radius 3 is 1.10 bits per heavy atom. The molecule has 0 aromatic heterocycles. The van der Waals surface area contributed by atoms with Crippen LogP contribution in [0.3, 0.4) is 0 Å². The summed E-state index contributed by atoms with van der Waals surface area (Å²) in [5, 5.41) is 0. The van der Waals surface area contributed by atoms with Crippen LogP contribution in [0.4, 0.5) is 26.5 Å². The molecule has 0 radical (unpaired) electrons. The first kappa shape index (κ1) is 7.64. The summed E-state index contributed by atoms with van der Waals surface area (Å²) in [5.41, 5.74) is 0. The predicted molar refractivity (Wildman–Crippen MR) is 15.9 cm³/mol. The highest BCUT2D eigenvalue weighted by molar-refractivity contribution is 5.22. The van der Waals surface area contributed by atoms with Gasteiger partial charge in [-0.25, -0.2) is 0 Å². The third-order valence-corrected chi connectivity index (χ3v) is 1.25. The summed E-state index contributed by atoms with van der Waals surface area (Å²) in [6.45, 7) is 0. The molecule has 0 aromatic rings. The van der Waals surface area contributed by atoms with Crippen LogP contribution in [0.2, 0.25) is 0 Å². The Labute approximate surface area is 50.5 Å². The van der Waals surface area contributed by atoms with Gasteiger partial charge in [0.2, 0.25) is 0 Å². The molecule has 10 heavy (non-hydrogen) atoms. The van der Waals surface area contributed by atoms with E-state index in [1.807, 2.05) is 4.94 Å². The molecule has 0 spiro atoms. The third kappa shape index (κ3) is 0.425. The Morgan fingerprint density at radius 1 is 0.800 bits per heavy atom. The fourth-order valence-corrected chi connectivity index (χ4v) is 0.461. The first-order chi connectivity index (χ1) is 4.31. The number of hydrogen-bond donors (Lipinski definition) is 0. The van der Waals surface area contributed by atoms with Crippen molar-refractivity contribution < 1.29 is 31.4 Å². The van der Waals surface area contributed by atoms with Crippen molar-refractivity contribution in [2.75, 3.05) is 0 Å².